The molecule has 10 heteroatoms. The number of aliphatic hydroxyl groups excluding tert-OH is 1. The molecule has 0 aromatic heterocycles. The molecule has 258 valence electrons. The maximum Gasteiger partial charge on any atom is 0.252 e. The van der Waals surface area contributed by atoms with Gasteiger partial charge in [-0.2, -0.15) is 0 Å². The second kappa shape index (κ2) is 16.7. The van der Waals surface area contributed by atoms with Crippen LogP contribution in [0.15, 0.2) is 119 Å². The molecule has 0 radical (unpaired) electrons. The first-order chi connectivity index (χ1) is 23.7. The largest absolute Gasteiger partial charge is 0.494 e. The predicted octanol–water partition coefficient (Wildman–Crippen LogP) is 6.17. The van der Waals surface area contributed by atoms with Crippen molar-refractivity contribution in [2.24, 2.45) is 4.99 Å². The van der Waals surface area contributed by atoms with E-state index in [4.69, 9.17) is 24.3 Å². The van der Waals surface area contributed by atoms with Gasteiger partial charge in [0.15, 0.2) is 21.5 Å². The summed E-state index contributed by atoms with van der Waals surface area (Å²) in [5, 5.41) is 12.1. The van der Waals surface area contributed by atoms with Gasteiger partial charge in [0, 0.05) is 38.2 Å². The number of nitrogens with one attached hydrogen (secondary N) is 1. The number of rotatable bonds is 17. The number of aliphatic imine (C=N–C) groups is 1. The van der Waals surface area contributed by atoms with Gasteiger partial charge >= 0.3 is 0 Å². The Labute approximate surface area is 288 Å². The van der Waals surface area contributed by atoms with E-state index in [-0.39, 0.29) is 35.7 Å². The molecule has 2 atom stereocenters. The van der Waals surface area contributed by atoms with Gasteiger partial charge in [0.2, 0.25) is 5.90 Å². The van der Waals surface area contributed by atoms with Crippen LogP contribution < -0.4 is 10.1 Å². The average molecular weight is 685 g/mol. The van der Waals surface area contributed by atoms with Crippen molar-refractivity contribution in [2.45, 2.75) is 55.8 Å². The van der Waals surface area contributed by atoms with Crippen LogP contribution in [0, 0.1) is 0 Å². The molecule has 0 fully saturated rings. The summed E-state index contributed by atoms with van der Waals surface area (Å²) in [5.74, 6) is 0.105. The van der Waals surface area contributed by atoms with E-state index in [0.717, 1.165) is 11.1 Å². The summed E-state index contributed by atoms with van der Waals surface area (Å²) < 4.78 is 45.1. The van der Waals surface area contributed by atoms with Gasteiger partial charge in [0.1, 0.15) is 5.75 Å². The first kappa shape index (κ1) is 35.8. The number of carbonyl (C=O) groups is 1. The van der Waals surface area contributed by atoms with E-state index in [0.29, 0.717) is 49.5 Å². The molecule has 9 nitrogen and oxygen atoms in total. The van der Waals surface area contributed by atoms with E-state index in [9.17, 15) is 13.2 Å². The first-order valence-electron chi connectivity index (χ1n) is 16.7. The van der Waals surface area contributed by atoms with Gasteiger partial charge in [-0.05, 0) is 73.4 Å². The van der Waals surface area contributed by atoms with Crippen molar-refractivity contribution in [1.82, 2.24) is 5.32 Å². The second-order valence-corrected chi connectivity index (χ2v) is 14.3. The van der Waals surface area contributed by atoms with Gasteiger partial charge in [0.05, 0.1) is 23.4 Å². The summed E-state index contributed by atoms with van der Waals surface area (Å²) >= 11 is 0. The van der Waals surface area contributed by atoms with Gasteiger partial charge in [-0.25, -0.2) is 13.4 Å². The number of nitrogens with zero attached hydrogens (tertiary/aromatic N) is 1. The molecule has 2 N–H and O–H groups in total. The number of benzene rings is 4. The molecule has 0 saturated carbocycles. The third-order valence-electron chi connectivity index (χ3n) is 8.26. The van der Waals surface area contributed by atoms with E-state index in [2.05, 4.69) is 5.32 Å². The Morgan fingerprint density at radius 1 is 0.857 bits per heavy atom. The molecule has 1 heterocycles. The monoisotopic (exact) mass is 684 g/mol. The molecule has 1 aliphatic heterocycles. The minimum atomic E-state index is -3.76. The van der Waals surface area contributed by atoms with Gasteiger partial charge in [-0.1, -0.05) is 72.8 Å². The standard InChI is InChI=1S/C39H44N2O7S/c1-29(2)46-26-9-24-40-38(43)39(23-28-49(44,45)35-13-7-4-8-14-35)36(32-17-15-31(16-18-32)30-11-5-3-6-12-30)48-37(41-39)33-19-21-34(22-20-33)47-27-10-25-42/h3-8,11-22,29,36,42H,9-10,23-28H2,1-2H3,(H,40,43)/t36-,39-/m1/s1. The zero-order chi connectivity index (χ0) is 34.7. The van der Waals surface area contributed by atoms with Crippen LogP contribution in [0.4, 0.5) is 0 Å². The fraction of sp³-hybridized carbons (Fsp3) is 0.333. The second-order valence-electron chi connectivity index (χ2n) is 12.2. The maximum absolute atomic E-state index is 14.4. The van der Waals surface area contributed by atoms with E-state index in [1.54, 1.807) is 54.6 Å². The van der Waals surface area contributed by atoms with Gasteiger partial charge in [-0.3, -0.25) is 4.79 Å². The third-order valence-corrected chi connectivity index (χ3v) is 9.99. The van der Waals surface area contributed by atoms with Crippen LogP contribution >= 0.6 is 0 Å². The van der Waals surface area contributed by atoms with E-state index < -0.39 is 27.4 Å². The van der Waals surface area contributed by atoms with E-state index in [1.165, 1.54) is 0 Å². The van der Waals surface area contributed by atoms with Gasteiger partial charge in [-0.15, -0.1) is 0 Å². The molecule has 5 rings (SSSR count). The third kappa shape index (κ3) is 9.14. The molecule has 1 aliphatic rings. The lowest BCUT2D eigenvalue weighted by atomic mass is 9.84. The van der Waals surface area contributed by atoms with Crippen LogP contribution in [0.25, 0.3) is 11.1 Å². The van der Waals surface area contributed by atoms with E-state index in [1.807, 2.05) is 68.4 Å². The van der Waals surface area contributed by atoms with Gasteiger partial charge < -0.3 is 24.6 Å². The Balaban J connectivity index is 1.52. The zero-order valence-corrected chi connectivity index (χ0v) is 28.8. The normalized spacial score (nSPS) is 17.4. The lowest BCUT2D eigenvalue weighted by Crippen LogP contribution is -2.49. The number of ether oxygens (including phenoxy) is 3. The van der Waals surface area contributed by atoms with Crippen molar-refractivity contribution >= 4 is 21.6 Å². The van der Waals surface area contributed by atoms with Crippen molar-refractivity contribution in [3.05, 3.63) is 120 Å². The summed E-state index contributed by atoms with van der Waals surface area (Å²) in [6.45, 7) is 5.10. The van der Waals surface area contributed by atoms with Crippen molar-refractivity contribution in [2.75, 3.05) is 32.1 Å². The molecule has 4 aromatic rings. The Kier molecular flexibility index (Phi) is 12.2. The molecule has 0 aliphatic carbocycles. The Hall–Kier alpha value is -4.51. The van der Waals surface area contributed by atoms with Crippen molar-refractivity contribution in [3.8, 4) is 16.9 Å². The summed E-state index contributed by atoms with van der Waals surface area (Å²) in [6, 6.07) is 33.1. The zero-order valence-electron chi connectivity index (χ0n) is 28.0. The summed E-state index contributed by atoms with van der Waals surface area (Å²) in [4.78, 5) is 19.5. The van der Waals surface area contributed by atoms with Crippen LogP contribution in [-0.4, -0.2) is 69.1 Å². The number of aliphatic hydroxyl groups is 1. The van der Waals surface area contributed by atoms with Crippen molar-refractivity contribution in [1.29, 1.82) is 0 Å². The highest BCUT2D eigenvalue weighted by Crippen LogP contribution is 2.43. The molecule has 1 amide bonds. The fourth-order valence-electron chi connectivity index (χ4n) is 5.63. The number of hydrogen-bond acceptors (Lipinski definition) is 8. The van der Waals surface area contributed by atoms with Crippen LogP contribution in [-0.2, 0) is 24.1 Å². The Morgan fingerprint density at radius 3 is 2.14 bits per heavy atom. The molecule has 0 unspecified atom stereocenters. The average Bonchev–Trinajstić information content (AvgIpc) is 3.53. The minimum Gasteiger partial charge on any atom is -0.494 e. The molecule has 0 spiro atoms. The fourth-order valence-corrected chi connectivity index (χ4v) is 7.02. The molecular formula is C39H44N2O7S. The first-order valence-corrected chi connectivity index (χ1v) is 18.3. The molecule has 0 saturated heterocycles. The number of amides is 1. The number of hydrogen-bond donors (Lipinski definition) is 2. The highest BCUT2D eigenvalue weighted by Gasteiger charge is 2.53. The quantitative estimate of drug-likeness (QED) is 0.128. The summed E-state index contributed by atoms with van der Waals surface area (Å²) in [5.41, 5.74) is 1.75. The molecular weight excluding hydrogens is 641 g/mol. The van der Waals surface area contributed by atoms with Crippen molar-refractivity contribution < 1.29 is 32.5 Å². The lowest BCUT2D eigenvalue weighted by molar-refractivity contribution is -0.129. The highest BCUT2D eigenvalue weighted by molar-refractivity contribution is 7.91. The summed E-state index contributed by atoms with van der Waals surface area (Å²) in [6.07, 6.45) is 0.125. The van der Waals surface area contributed by atoms with Gasteiger partial charge in [0.25, 0.3) is 5.91 Å². The topological polar surface area (TPSA) is 124 Å². The molecule has 0 bridgehead atoms. The van der Waals surface area contributed by atoms with E-state index >= 15 is 0 Å². The molecule has 49 heavy (non-hydrogen) atoms. The predicted molar refractivity (Wildman–Crippen MR) is 190 cm³/mol. The smallest absolute Gasteiger partial charge is 0.252 e. The highest BCUT2D eigenvalue weighted by atomic mass is 32.2. The Morgan fingerprint density at radius 2 is 1.49 bits per heavy atom. The Bertz CT molecular complexity index is 1780. The van der Waals surface area contributed by atoms with Crippen molar-refractivity contribution in [3.63, 3.8) is 0 Å². The number of sulfone groups is 1. The lowest BCUT2D eigenvalue weighted by Gasteiger charge is -2.30. The number of carbonyl (C=O) groups excluding carboxylic acids is 1. The molecule has 4 aromatic carbocycles. The van der Waals surface area contributed by atoms with Crippen LogP contribution in [0.5, 0.6) is 5.75 Å². The van der Waals surface area contributed by atoms with Crippen LogP contribution in [0.3, 0.4) is 0 Å². The SMILES string of the molecule is CC(C)OCCCNC(=O)[C@]1(CCS(=O)(=O)c2ccccc2)N=C(c2ccc(OCCCO)cc2)O[C@@H]1c1ccc(-c2ccccc2)cc1. The summed E-state index contributed by atoms with van der Waals surface area (Å²) in [7, 11) is -3.76. The van der Waals surface area contributed by atoms with Crippen LogP contribution in [0.1, 0.15) is 50.3 Å². The minimum absolute atomic E-state index is 0.0331. The maximum atomic E-state index is 14.4. The van der Waals surface area contributed by atoms with Crippen LogP contribution in [0.2, 0.25) is 0 Å².